The quantitative estimate of drug-likeness (QED) is 0.529. The van der Waals surface area contributed by atoms with Crippen LogP contribution in [-0.2, 0) is 17.6 Å². The van der Waals surface area contributed by atoms with E-state index in [2.05, 4.69) is 13.1 Å². The molecule has 1 aromatic heterocycles. The molecule has 4 rings (SSSR count). The molecule has 0 bridgehead atoms. The lowest BCUT2D eigenvalue weighted by Gasteiger charge is -2.19. The number of hydrogen-bond donors (Lipinski definition) is 0. The molecular formula is C24H26N2O3. The first-order valence-corrected chi connectivity index (χ1v) is 10.2. The predicted molar refractivity (Wildman–Crippen MR) is 112 cm³/mol. The van der Waals surface area contributed by atoms with Gasteiger partial charge in [-0.3, -0.25) is 0 Å². The van der Waals surface area contributed by atoms with Gasteiger partial charge in [0.15, 0.2) is 0 Å². The van der Waals surface area contributed by atoms with Crippen LogP contribution in [0.2, 0.25) is 0 Å². The van der Waals surface area contributed by atoms with Gasteiger partial charge in [0.1, 0.15) is 11.9 Å². The molecule has 2 aromatic carbocycles. The minimum atomic E-state index is -0.329. The van der Waals surface area contributed by atoms with Crippen LogP contribution < -0.4 is 4.74 Å². The molecule has 0 saturated heterocycles. The summed E-state index contributed by atoms with van der Waals surface area (Å²) in [7, 11) is 1.39. The molecule has 0 amide bonds. The van der Waals surface area contributed by atoms with E-state index in [0.29, 0.717) is 5.56 Å². The van der Waals surface area contributed by atoms with Crippen molar-refractivity contribution in [3.8, 4) is 11.4 Å². The largest absolute Gasteiger partial charge is 0.486 e. The van der Waals surface area contributed by atoms with Gasteiger partial charge in [0.25, 0.3) is 0 Å². The second-order valence-electron chi connectivity index (χ2n) is 7.40. The molecule has 0 fully saturated rings. The highest BCUT2D eigenvalue weighted by Crippen LogP contribution is 2.28. The Labute approximate surface area is 171 Å². The lowest BCUT2D eigenvalue weighted by molar-refractivity contribution is 0.0600. The summed E-state index contributed by atoms with van der Waals surface area (Å²) in [6.45, 7) is 2.14. The van der Waals surface area contributed by atoms with Crippen LogP contribution in [0.25, 0.3) is 5.69 Å². The minimum absolute atomic E-state index is 0.0638. The van der Waals surface area contributed by atoms with Gasteiger partial charge in [-0.15, -0.1) is 0 Å². The summed E-state index contributed by atoms with van der Waals surface area (Å²) in [5, 5.41) is 4.70. The van der Waals surface area contributed by atoms with E-state index in [1.54, 1.807) is 12.1 Å². The standard InChI is InChI=1S/C24H26N2O3/c1-3-5-23(17-8-10-18(11-9-17)24(27)28-2)29-21-14-12-20(13-15-21)26-16-19-6-4-7-22(19)25-26/h8-16,23H,3-7H2,1-2H3. The average Bonchev–Trinajstić information content (AvgIpc) is 3.36. The number of fused-ring (bicyclic) bond motifs is 1. The molecule has 1 unspecified atom stereocenters. The summed E-state index contributed by atoms with van der Waals surface area (Å²) in [5.41, 5.74) is 5.22. The molecular weight excluding hydrogens is 364 g/mol. The second kappa shape index (κ2) is 8.52. The van der Waals surface area contributed by atoms with Gasteiger partial charge in [0.2, 0.25) is 0 Å². The SMILES string of the molecule is CCCC(Oc1ccc(-n2cc3c(n2)CCC3)cc1)c1ccc(C(=O)OC)cc1. The molecule has 0 saturated carbocycles. The van der Waals surface area contributed by atoms with Crippen molar-refractivity contribution in [2.45, 2.75) is 45.1 Å². The summed E-state index contributed by atoms with van der Waals surface area (Å²) in [4.78, 5) is 11.6. The molecule has 0 N–H and O–H groups in total. The summed E-state index contributed by atoms with van der Waals surface area (Å²) in [6.07, 6.45) is 7.39. The van der Waals surface area contributed by atoms with Gasteiger partial charge in [-0.05, 0) is 73.2 Å². The number of carbonyl (C=O) groups is 1. The van der Waals surface area contributed by atoms with Crippen LogP contribution in [0.4, 0.5) is 0 Å². The molecule has 0 spiro atoms. The molecule has 1 aliphatic rings. The van der Waals surface area contributed by atoms with E-state index in [1.807, 2.05) is 41.1 Å². The molecule has 0 radical (unpaired) electrons. The third-order valence-corrected chi connectivity index (χ3v) is 5.37. The molecule has 5 heteroatoms. The first-order valence-electron chi connectivity index (χ1n) is 10.2. The number of aryl methyl sites for hydroxylation is 2. The van der Waals surface area contributed by atoms with Crippen molar-refractivity contribution >= 4 is 5.97 Å². The predicted octanol–water partition coefficient (Wildman–Crippen LogP) is 5.07. The Morgan fingerprint density at radius 2 is 1.86 bits per heavy atom. The minimum Gasteiger partial charge on any atom is -0.486 e. The zero-order valence-corrected chi connectivity index (χ0v) is 16.9. The fourth-order valence-corrected chi connectivity index (χ4v) is 3.79. The van der Waals surface area contributed by atoms with Gasteiger partial charge in [-0.25, -0.2) is 9.48 Å². The molecule has 3 aromatic rings. The van der Waals surface area contributed by atoms with E-state index in [1.165, 1.54) is 24.8 Å². The maximum atomic E-state index is 11.6. The van der Waals surface area contributed by atoms with Crippen molar-refractivity contribution in [3.63, 3.8) is 0 Å². The summed E-state index contributed by atoms with van der Waals surface area (Å²) < 4.78 is 13.0. The van der Waals surface area contributed by atoms with Crippen LogP contribution in [0.15, 0.2) is 54.7 Å². The Balaban J connectivity index is 1.48. The average molecular weight is 390 g/mol. The molecule has 1 aliphatic carbocycles. The Morgan fingerprint density at radius 1 is 1.10 bits per heavy atom. The van der Waals surface area contributed by atoms with Crippen molar-refractivity contribution in [1.29, 1.82) is 0 Å². The Morgan fingerprint density at radius 3 is 2.52 bits per heavy atom. The monoisotopic (exact) mass is 390 g/mol. The molecule has 1 heterocycles. The van der Waals surface area contributed by atoms with E-state index < -0.39 is 0 Å². The topological polar surface area (TPSA) is 53.4 Å². The molecule has 1 atom stereocenters. The number of rotatable bonds is 7. The number of aromatic nitrogens is 2. The van der Waals surface area contributed by atoms with Gasteiger partial charge in [0.05, 0.1) is 24.1 Å². The Bertz CT molecular complexity index is 953. The maximum Gasteiger partial charge on any atom is 0.337 e. The van der Waals surface area contributed by atoms with Crippen LogP contribution >= 0.6 is 0 Å². The normalized spacial score (nSPS) is 13.7. The summed E-state index contributed by atoms with van der Waals surface area (Å²) in [6, 6.07) is 15.5. The van der Waals surface area contributed by atoms with Crippen molar-refractivity contribution in [3.05, 3.63) is 77.1 Å². The van der Waals surface area contributed by atoms with Crippen molar-refractivity contribution in [2.75, 3.05) is 7.11 Å². The molecule has 0 aliphatic heterocycles. The van der Waals surface area contributed by atoms with Crippen molar-refractivity contribution in [1.82, 2.24) is 9.78 Å². The van der Waals surface area contributed by atoms with Crippen LogP contribution in [0.1, 0.15) is 59.5 Å². The molecule has 29 heavy (non-hydrogen) atoms. The number of nitrogens with zero attached hydrogens (tertiary/aromatic N) is 2. The van der Waals surface area contributed by atoms with Gasteiger partial charge in [-0.2, -0.15) is 5.10 Å². The van der Waals surface area contributed by atoms with Gasteiger partial charge in [-0.1, -0.05) is 25.5 Å². The van der Waals surface area contributed by atoms with Gasteiger partial charge in [0, 0.05) is 6.20 Å². The Kier molecular flexibility index (Phi) is 5.65. The zero-order chi connectivity index (χ0) is 20.2. The summed E-state index contributed by atoms with van der Waals surface area (Å²) >= 11 is 0. The first-order chi connectivity index (χ1) is 14.2. The highest BCUT2D eigenvalue weighted by Gasteiger charge is 2.17. The fourth-order valence-electron chi connectivity index (χ4n) is 3.79. The molecule has 5 nitrogen and oxygen atoms in total. The highest BCUT2D eigenvalue weighted by molar-refractivity contribution is 5.89. The number of carbonyl (C=O) groups excluding carboxylic acids is 1. The van der Waals surface area contributed by atoms with E-state index >= 15 is 0 Å². The van der Waals surface area contributed by atoms with Crippen LogP contribution in [0.5, 0.6) is 5.75 Å². The number of esters is 1. The van der Waals surface area contributed by atoms with Crippen LogP contribution in [-0.4, -0.2) is 22.9 Å². The van der Waals surface area contributed by atoms with Crippen LogP contribution in [0, 0.1) is 0 Å². The van der Waals surface area contributed by atoms with E-state index in [0.717, 1.165) is 42.7 Å². The first kappa shape index (κ1) is 19.2. The fraction of sp³-hybridized carbons (Fsp3) is 0.333. The van der Waals surface area contributed by atoms with Gasteiger partial charge >= 0.3 is 5.97 Å². The van der Waals surface area contributed by atoms with Crippen molar-refractivity contribution in [2.24, 2.45) is 0 Å². The van der Waals surface area contributed by atoms with Crippen LogP contribution in [0.3, 0.4) is 0 Å². The molecule has 150 valence electrons. The van der Waals surface area contributed by atoms with E-state index in [-0.39, 0.29) is 12.1 Å². The van der Waals surface area contributed by atoms with Gasteiger partial charge < -0.3 is 9.47 Å². The van der Waals surface area contributed by atoms with E-state index in [4.69, 9.17) is 14.6 Å². The Hall–Kier alpha value is -3.08. The number of hydrogen-bond acceptors (Lipinski definition) is 4. The third-order valence-electron chi connectivity index (χ3n) is 5.37. The lowest BCUT2D eigenvalue weighted by atomic mass is 10.0. The number of ether oxygens (including phenoxy) is 2. The number of methoxy groups -OCH3 is 1. The maximum absolute atomic E-state index is 11.6. The van der Waals surface area contributed by atoms with E-state index in [9.17, 15) is 4.79 Å². The van der Waals surface area contributed by atoms with Crippen molar-refractivity contribution < 1.29 is 14.3 Å². The second-order valence-corrected chi connectivity index (χ2v) is 7.40. The highest BCUT2D eigenvalue weighted by atomic mass is 16.5. The summed E-state index contributed by atoms with van der Waals surface area (Å²) in [5.74, 6) is 0.494. The third kappa shape index (κ3) is 4.19. The smallest absolute Gasteiger partial charge is 0.337 e. The number of benzene rings is 2. The lowest BCUT2D eigenvalue weighted by Crippen LogP contribution is -2.08. The zero-order valence-electron chi connectivity index (χ0n) is 16.9.